The third-order valence-corrected chi connectivity index (χ3v) is 5.08. The van der Waals surface area contributed by atoms with Gasteiger partial charge in [0.05, 0.1) is 11.4 Å². The molecule has 1 N–H and O–H groups in total. The van der Waals surface area contributed by atoms with Gasteiger partial charge in [0.25, 0.3) is 0 Å². The Morgan fingerprint density at radius 1 is 1.29 bits per heavy atom. The molecule has 1 rings (SSSR count). The summed E-state index contributed by atoms with van der Waals surface area (Å²) in [5, 5.41) is 2.72. The van der Waals surface area contributed by atoms with Gasteiger partial charge in [-0.15, -0.1) is 0 Å². The van der Waals surface area contributed by atoms with Crippen molar-refractivity contribution >= 4 is 15.9 Å². The molecule has 1 amide bonds. The van der Waals surface area contributed by atoms with Crippen LogP contribution in [0.5, 0.6) is 0 Å². The Morgan fingerprint density at radius 3 is 2.33 bits per heavy atom. The van der Waals surface area contributed by atoms with Gasteiger partial charge in [-0.1, -0.05) is 13.8 Å². The Balaban J connectivity index is 2.88. The maximum atomic E-state index is 12.9. The number of rotatable bonds is 7. The molecule has 0 aliphatic heterocycles. The molecule has 1 unspecified atom stereocenters. The third kappa shape index (κ3) is 4.78. The monoisotopic (exact) mass is 316 g/mol. The fourth-order valence-electron chi connectivity index (χ4n) is 1.71. The van der Waals surface area contributed by atoms with Gasteiger partial charge in [0.1, 0.15) is 5.82 Å². The highest BCUT2D eigenvalue weighted by Crippen LogP contribution is 2.15. The van der Waals surface area contributed by atoms with Crippen molar-refractivity contribution in [2.24, 2.45) is 0 Å². The van der Waals surface area contributed by atoms with Gasteiger partial charge < -0.3 is 5.32 Å². The van der Waals surface area contributed by atoms with Crippen molar-refractivity contribution in [3.63, 3.8) is 0 Å². The fourth-order valence-corrected chi connectivity index (χ4v) is 3.11. The molecule has 118 valence electrons. The summed E-state index contributed by atoms with van der Waals surface area (Å²) >= 11 is 0. The average molecular weight is 316 g/mol. The summed E-state index contributed by atoms with van der Waals surface area (Å²) in [6, 6.07) is 4.55. The molecule has 1 aromatic carbocycles. The molecule has 0 bridgehead atoms. The lowest BCUT2D eigenvalue weighted by molar-refractivity contribution is -0.121. The molecular formula is C14H21FN2O3S. The van der Waals surface area contributed by atoms with Crippen LogP contribution in [0.3, 0.4) is 0 Å². The van der Waals surface area contributed by atoms with Crippen LogP contribution < -0.4 is 5.32 Å². The van der Waals surface area contributed by atoms with Crippen molar-refractivity contribution in [1.82, 2.24) is 9.62 Å². The molecule has 0 aromatic heterocycles. The molecular weight excluding hydrogens is 295 g/mol. The van der Waals surface area contributed by atoms with E-state index in [1.165, 1.54) is 12.1 Å². The van der Waals surface area contributed by atoms with Crippen molar-refractivity contribution < 1.29 is 17.6 Å². The minimum absolute atomic E-state index is 0.00951. The summed E-state index contributed by atoms with van der Waals surface area (Å²) in [5.74, 6) is -0.858. The molecule has 1 atom stereocenters. The highest BCUT2D eigenvalue weighted by Gasteiger charge is 2.25. The van der Waals surface area contributed by atoms with Crippen LogP contribution in [0, 0.1) is 5.82 Å². The molecule has 7 heteroatoms. The normalized spacial score (nSPS) is 13.2. The maximum absolute atomic E-state index is 12.9. The van der Waals surface area contributed by atoms with Crippen LogP contribution in [0.1, 0.15) is 27.2 Å². The maximum Gasteiger partial charge on any atom is 0.243 e. The molecule has 0 saturated carbocycles. The summed E-state index contributed by atoms with van der Waals surface area (Å²) in [6.07, 6.45) is 0.766. The zero-order valence-corrected chi connectivity index (χ0v) is 13.3. The molecule has 5 nitrogen and oxygen atoms in total. The quantitative estimate of drug-likeness (QED) is 0.833. The zero-order chi connectivity index (χ0) is 16.0. The molecule has 0 aliphatic carbocycles. The minimum Gasteiger partial charge on any atom is -0.353 e. The van der Waals surface area contributed by atoms with Crippen LogP contribution >= 0.6 is 0 Å². The summed E-state index contributed by atoms with van der Waals surface area (Å²) < 4.78 is 38.7. The number of hydrogen-bond acceptors (Lipinski definition) is 3. The summed E-state index contributed by atoms with van der Waals surface area (Å²) in [6.45, 7) is 5.34. The molecule has 0 spiro atoms. The first-order chi connectivity index (χ1) is 9.81. The summed E-state index contributed by atoms with van der Waals surface area (Å²) in [7, 11) is -3.80. The molecule has 0 heterocycles. The van der Waals surface area contributed by atoms with E-state index in [0.29, 0.717) is 0 Å². The number of carbonyl (C=O) groups excluding carboxylic acids is 1. The van der Waals surface area contributed by atoms with Crippen LogP contribution in [-0.2, 0) is 14.8 Å². The van der Waals surface area contributed by atoms with E-state index in [1.54, 1.807) is 6.92 Å². The number of sulfonamides is 1. The molecule has 0 saturated heterocycles. The highest BCUT2D eigenvalue weighted by atomic mass is 32.2. The van der Waals surface area contributed by atoms with Gasteiger partial charge >= 0.3 is 0 Å². The topological polar surface area (TPSA) is 66.5 Å². The van der Waals surface area contributed by atoms with Crippen LogP contribution in [0.2, 0.25) is 0 Å². The van der Waals surface area contributed by atoms with Crippen molar-refractivity contribution in [3.05, 3.63) is 30.1 Å². The third-order valence-electron chi connectivity index (χ3n) is 3.14. The predicted octanol–water partition coefficient (Wildman–Crippen LogP) is 1.75. The number of carbonyl (C=O) groups is 1. The van der Waals surface area contributed by atoms with Crippen LogP contribution in [-0.4, -0.2) is 37.8 Å². The van der Waals surface area contributed by atoms with Crippen molar-refractivity contribution in [1.29, 1.82) is 0 Å². The van der Waals surface area contributed by atoms with E-state index in [-0.39, 0.29) is 29.9 Å². The largest absolute Gasteiger partial charge is 0.353 e. The van der Waals surface area contributed by atoms with E-state index in [4.69, 9.17) is 0 Å². The van der Waals surface area contributed by atoms with Crippen molar-refractivity contribution in [2.45, 2.75) is 38.1 Å². The SMILES string of the molecule is CCC(C)NC(=O)CN(CC)S(=O)(=O)c1ccc(F)cc1. The van der Waals surface area contributed by atoms with Gasteiger partial charge in [0.15, 0.2) is 0 Å². The van der Waals surface area contributed by atoms with Crippen LogP contribution in [0.4, 0.5) is 4.39 Å². The predicted molar refractivity (Wildman–Crippen MR) is 78.7 cm³/mol. The number of hydrogen-bond donors (Lipinski definition) is 1. The minimum atomic E-state index is -3.80. The first-order valence-electron chi connectivity index (χ1n) is 6.86. The standard InChI is InChI=1S/C14H21FN2O3S/c1-4-11(3)16-14(18)10-17(5-2)21(19,20)13-8-6-12(15)7-9-13/h6-9,11H,4-5,10H2,1-3H3,(H,16,18). The zero-order valence-electron chi connectivity index (χ0n) is 12.5. The number of nitrogens with zero attached hydrogens (tertiary/aromatic N) is 1. The number of amides is 1. The van der Waals surface area contributed by atoms with Gasteiger partial charge in [0.2, 0.25) is 15.9 Å². The number of nitrogens with one attached hydrogen (secondary N) is 1. The van der Waals surface area contributed by atoms with E-state index in [1.807, 2.05) is 13.8 Å². The first-order valence-corrected chi connectivity index (χ1v) is 8.30. The van der Waals surface area contributed by atoms with Gasteiger partial charge in [-0.05, 0) is 37.6 Å². The van der Waals surface area contributed by atoms with Gasteiger partial charge in [-0.3, -0.25) is 4.79 Å². The lowest BCUT2D eigenvalue weighted by Crippen LogP contribution is -2.43. The number of likely N-dealkylation sites (N-methyl/N-ethyl adjacent to an activating group) is 1. The summed E-state index contributed by atoms with van der Waals surface area (Å²) in [4.78, 5) is 11.8. The van der Waals surface area contributed by atoms with E-state index in [9.17, 15) is 17.6 Å². The Bertz CT molecular complexity index is 572. The average Bonchev–Trinajstić information content (AvgIpc) is 2.44. The fraction of sp³-hybridized carbons (Fsp3) is 0.500. The number of benzene rings is 1. The van der Waals surface area contributed by atoms with Crippen molar-refractivity contribution in [3.8, 4) is 0 Å². The van der Waals surface area contributed by atoms with Gasteiger partial charge in [-0.25, -0.2) is 12.8 Å². The smallest absolute Gasteiger partial charge is 0.243 e. The van der Waals surface area contributed by atoms with E-state index >= 15 is 0 Å². The van der Waals surface area contributed by atoms with Crippen LogP contribution in [0.25, 0.3) is 0 Å². The Labute approximate surface area is 125 Å². The Morgan fingerprint density at radius 2 is 1.86 bits per heavy atom. The molecule has 0 aliphatic rings. The van der Waals surface area contributed by atoms with E-state index in [2.05, 4.69) is 5.32 Å². The second-order valence-corrected chi connectivity index (χ2v) is 6.70. The second-order valence-electron chi connectivity index (χ2n) is 4.76. The lowest BCUT2D eigenvalue weighted by Gasteiger charge is -2.21. The van der Waals surface area contributed by atoms with E-state index < -0.39 is 15.8 Å². The molecule has 0 fully saturated rings. The van der Waals surface area contributed by atoms with Gasteiger partial charge in [0, 0.05) is 12.6 Å². The molecule has 21 heavy (non-hydrogen) atoms. The Kier molecular flexibility index (Phi) is 6.29. The van der Waals surface area contributed by atoms with Gasteiger partial charge in [-0.2, -0.15) is 4.31 Å². The van der Waals surface area contributed by atoms with Crippen LogP contribution in [0.15, 0.2) is 29.2 Å². The highest BCUT2D eigenvalue weighted by molar-refractivity contribution is 7.89. The Hall–Kier alpha value is -1.47. The first kappa shape index (κ1) is 17.6. The molecule has 1 aromatic rings. The second kappa shape index (κ2) is 7.51. The van der Waals surface area contributed by atoms with Crippen molar-refractivity contribution in [2.75, 3.05) is 13.1 Å². The molecule has 0 radical (unpaired) electrons. The van der Waals surface area contributed by atoms with E-state index in [0.717, 1.165) is 22.9 Å². The lowest BCUT2D eigenvalue weighted by atomic mass is 10.2. The number of halogens is 1. The summed E-state index contributed by atoms with van der Waals surface area (Å²) in [5.41, 5.74) is 0.